The summed E-state index contributed by atoms with van der Waals surface area (Å²) in [5.41, 5.74) is 4.21. The molecule has 2 aromatic rings. The first-order valence-corrected chi connectivity index (χ1v) is 10.7. The molecule has 1 saturated heterocycles. The van der Waals surface area contributed by atoms with Crippen LogP contribution in [0, 0.1) is 13.8 Å². The van der Waals surface area contributed by atoms with E-state index in [-0.39, 0.29) is 17.9 Å². The van der Waals surface area contributed by atoms with Crippen molar-refractivity contribution in [3.05, 3.63) is 70.8 Å². The van der Waals surface area contributed by atoms with E-state index < -0.39 is 0 Å². The molecule has 0 atom stereocenters. The Morgan fingerprint density at radius 1 is 1.03 bits per heavy atom. The molecule has 29 heavy (non-hydrogen) atoms. The Bertz CT molecular complexity index is 839. The van der Waals surface area contributed by atoms with Gasteiger partial charge in [0, 0.05) is 31.2 Å². The summed E-state index contributed by atoms with van der Waals surface area (Å²) in [6, 6.07) is 16.0. The van der Waals surface area contributed by atoms with Gasteiger partial charge in [-0.15, -0.1) is 0 Å². The fraction of sp³-hybridized carbons (Fsp3) is 0.440. The maximum atomic E-state index is 13.1. The summed E-state index contributed by atoms with van der Waals surface area (Å²) in [5.74, 6) is 0.293. The Morgan fingerprint density at radius 3 is 2.38 bits per heavy atom. The molecular formula is C25H32N2O2. The van der Waals surface area contributed by atoms with Gasteiger partial charge in [0.15, 0.2) is 0 Å². The van der Waals surface area contributed by atoms with Gasteiger partial charge in [0.1, 0.15) is 0 Å². The van der Waals surface area contributed by atoms with Crippen molar-refractivity contribution in [3.63, 3.8) is 0 Å². The Labute approximate surface area is 174 Å². The van der Waals surface area contributed by atoms with Crippen LogP contribution in [-0.4, -0.2) is 47.3 Å². The third kappa shape index (κ3) is 5.26. The summed E-state index contributed by atoms with van der Waals surface area (Å²) in [5, 5.41) is 0. The molecule has 3 rings (SSSR count). The molecule has 0 saturated carbocycles. The number of hydrogen-bond donors (Lipinski definition) is 0. The van der Waals surface area contributed by atoms with Crippen LogP contribution in [-0.2, 0) is 11.2 Å². The molecule has 154 valence electrons. The molecule has 0 N–H and O–H groups in total. The van der Waals surface area contributed by atoms with E-state index in [1.165, 1.54) is 11.1 Å². The standard InChI is InChI=1S/C25H32N2O2/c1-4-14-27(24(28)18-22-17-19(2)10-11-20(22)3)23-12-15-26(16-13-23)25(29)21-8-6-5-7-9-21/h5-11,17,23H,4,12-16,18H2,1-3H3. The average Bonchev–Trinajstić information content (AvgIpc) is 2.75. The van der Waals surface area contributed by atoms with E-state index in [4.69, 9.17) is 0 Å². The first-order valence-electron chi connectivity index (χ1n) is 10.7. The molecule has 0 bridgehead atoms. The Kier molecular flexibility index (Phi) is 7.08. The Morgan fingerprint density at radius 2 is 1.72 bits per heavy atom. The number of benzene rings is 2. The van der Waals surface area contributed by atoms with Gasteiger partial charge in [-0.2, -0.15) is 0 Å². The van der Waals surface area contributed by atoms with Gasteiger partial charge in [0.05, 0.1) is 6.42 Å². The molecule has 0 spiro atoms. The lowest BCUT2D eigenvalue weighted by Crippen LogP contribution is -2.49. The smallest absolute Gasteiger partial charge is 0.253 e. The summed E-state index contributed by atoms with van der Waals surface area (Å²) in [6.45, 7) is 8.44. The zero-order chi connectivity index (χ0) is 20.8. The van der Waals surface area contributed by atoms with Gasteiger partial charge in [-0.05, 0) is 56.4 Å². The van der Waals surface area contributed by atoms with Crippen molar-refractivity contribution in [2.75, 3.05) is 19.6 Å². The molecule has 1 aliphatic rings. The van der Waals surface area contributed by atoms with Crippen molar-refractivity contribution >= 4 is 11.8 Å². The van der Waals surface area contributed by atoms with Crippen LogP contribution in [0.1, 0.15) is 53.2 Å². The molecule has 1 fully saturated rings. The van der Waals surface area contributed by atoms with E-state index in [1.54, 1.807) is 0 Å². The Balaban J connectivity index is 1.63. The minimum atomic E-state index is 0.0906. The number of rotatable bonds is 6. The number of hydrogen-bond acceptors (Lipinski definition) is 2. The predicted octanol–water partition coefficient (Wildman–Crippen LogP) is 4.39. The lowest BCUT2D eigenvalue weighted by atomic mass is 9.99. The molecule has 4 heteroatoms. The topological polar surface area (TPSA) is 40.6 Å². The van der Waals surface area contributed by atoms with Crippen LogP contribution in [0.3, 0.4) is 0 Å². The predicted molar refractivity (Wildman–Crippen MR) is 117 cm³/mol. The van der Waals surface area contributed by atoms with Crippen LogP contribution in [0.4, 0.5) is 0 Å². The number of carbonyl (C=O) groups is 2. The molecule has 1 aliphatic heterocycles. The summed E-state index contributed by atoms with van der Waals surface area (Å²) >= 11 is 0. The van der Waals surface area contributed by atoms with Crippen LogP contribution in [0.5, 0.6) is 0 Å². The maximum Gasteiger partial charge on any atom is 0.253 e. The second-order valence-electron chi connectivity index (χ2n) is 8.08. The van der Waals surface area contributed by atoms with Crippen LogP contribution in [0.2, 0.25) is 0 Å². The quantitative estimate of drug-likeness (QED) is 0.732. The molecule has 0 aliphatic carbocycles. The number of nitrogens with zero attached hydrogens (tertiary/aromatic N) is 2. The number of piperidine rings is 1. The molecule has 2 amide bonds. The molecular weight excluding hydrogens is 360 g/mol. The average molecular weight is 393 g/mol. The molecule has 0 unspecified atom stereocenters. The summed E-state index contributed by atoms with van der Waals surface area (Å²) in [7, 11) is 0. The van der Waals surface area contributed by atoms with Crippen molar-refractivity contribution in [2.24, 2.45) is 0 Å². The number of likely N-dealkylation sites (tertiary alicyclic amines) is 1. The monoisotopic (exact) mass is 392 g/mol. The van der Waals surface area contributed by atoms with Crippen LogP contribution in [0.15, 0.2) is 48.5 Å². The largest absolute Gasteiger partial charge is 0.339 e. The van der Waals surface area contributed by atoms with Crippen molar-refractivity contribution in [1.82, 2.24) is 9.80 Å². The fourth-order valence-electron chi connectivity index (χ4n) is 4.15. The number of aryl methyl sites for hydroxylation is 2. The van der Waals surface area contributed by atoms with Gasteiger partial charge < -0.3 is 9.80 Å². The third-order valence-corrected chi connectivity index (χ3v) is 5.84. The summed E-state index contributed by atoms with van der Waals surface area (Å²) in [6.07, 6.45) is 3.09. The Hall–Kier alpha value is -2.62. The van der Waals surface area contributed by atoms with E-state index in [0.29, 0.717) is 19.5 Å². The van der Waals surface area contributed by atoms with E-state index in [1.807, 2.05) is 35.2 Å². The van der Waals surface area contributed by atoms with E-state index in [2.05, 4.69) is 43.9 Å². The SMILES string of the molecule is CCCN(C(=O)Cc1cc(C)ccc1C)C1CCN(C(=O)c2ccccc2)CC1. The third-order valence-electron chi connectivity index (χ3n) is 5.84. The van der Waals surface area contributed by atoms with Gasteiger partial charge in [-0.1, -0.05) is 48.9 Å². The molecule has 1 heterocycles. The van der Waals surface area contributed by atoms with E-state index in [0.717, 1.165) is 36.9 Å². The van der Waals surface area contributed by atoms with Gasteiger partial charge in [0.2, 0.25) is 5.91 Å². The van der Waals surface area contributed by atoms with Gasteiger partial charge in [0.25, 0.3) is 5.91 Å². The maximum absolute atomic E-state index is 13.1. The van der Waals surface area contributed by atoms with Crippen molar-refractivity contribution in [3.8, 4) is 0 Å². The van der Waals surface area contributed by atoms with Gasteiger partial charge >= 0.3 is 0 Å². The highest BCUT2D eigenvalue weighted by Gasteiger charge is 2.29. The first kappa shape index (κ1) is 21.1. The number of amides is 2. The van der Waals surface area contributed by atoms with Crippen molar-refractivity contribution < 1.29 is 9.59 Å². The minimum absolute atomic E-state index is 0.0906. The number of carbonyl (C=O) groups excluding carboxylic acids is 2. The van der Waals surface area contributed by atoms with Gasteiger partial charge in [-0.25, -0.2) is 0 Å². The fourth-order valence-corrected chi connectivity index (χ4v) is 4.15. The minimum Gasteiger partial charge on any atom is -0.339 e. The lowest BCUT2D eigenvalue weighted by molar-refractivity contribution is -0.133. The molecule has 0 radical (unpaired) electrons. The zero-order valence-electron chi connectivity index (χ0n) is 17.9. The first-order chi connectivity index (χ1) is 14.0. The highest BCUT2D eigenvalue weighted by molar-refractivity contribution is 5.94. The van der Waals surface area contributed by atoms with Gasteiger partial charge in [-0.3, -0.25) is 9.59 Å². The van der Waals surface area contributed by atoms with Crippen molar-refractivity contribution in [2.45, 2.75) is 52.5 Å². The summed E-state index contributed by atoms with van der Waals surface area (Å²) < 4.78 is 0. The van der Waals surface area contributed by atoms with E-state index in [9.17, 15) is 9.59 Å². The zero-order valence-corrected chi connectivity index (χ0v) is 17.9. The van der Waals surface area contributed by atoms with Crippen LogP contribution >= 0.6 is 0 Å². The van der Waals surface area contributed by atoms with Crippen LogP contribution in [0.25, 0.3) is 0 Å². The van der Waals surface area contributed by atoms with E-state index >= 15 is 0 Å². The van der Waals surface area contributed by atoms with Crippen molar-refractivity contribution in [1.29, 1.82) is 0 Å². The molecule has 0 aromatic heterocycles. The van der Waals surface area contributed by atoms with Crippen LogP contribution < -0.4 is 0 Å². The normalized spacial score (nSPS) is 14.7. The lowest BCUT2D eigenvalue weighted by Gasteiger charge is -2.38. The highest BCUT2D eigenvalue weighted by atomic mass is 16.2. The summed E-state index contributed by atoms with van der Waals surface area (Å²) in [4.78, 5) is 29.8. The second-order valence-corrected chi connectivity index (χ2v) is 8.08. The highest BCUT2D eigenvalue weighted by Crippen LogP contribution is 2.21. The molecule has 4 nitrogen and oxygen atoms in total. The molecule has 2 aromatic carbocycles. The second kappa shape index (κ2) is 9.73.